The van der Waals surface area contributed by atoms with Crippen LogP contribution in [0.3, 0.4) is 0 Å². The van der Waals surface area contributed by atoms with Gasteiger partial charge in [-0.25, -0.2) is 4.98 Å². The summed E-state index contributed by atoms with van der Waals surface area (Å²) < 4.78 is 0. The lowest BCUT2D eigenvalue weighted by Gasteiger charge is -2.33. The number of carbonyl (C=O) groups excluding carboxylic acids is 1. The van der Waals surface area contributed by atoms with Crippen molar-refractivity contribution < 1.29 is 4.79 Å². The Balaban J connectivity index is 0.00000182. The molecule has 1 aliphatic heterocycles. The molecule has 1 saturated heterocycles. The highest BCUT2D eigenvalue weighted by Crippen LogP contribution is 2.31. The zero-order chi connectivity index (χ0) is 18.0. The Morgan fingerprint density at radius 3 is 2.52 bits per heavy atom. The van der Waals surface area contributed by atoms with Gasteiger partial charge in [-0.2, -0.15) is 0 Å². The SMILES string of the molecule is Cc1ccc(C(N)C(=O)N2CCCC(c3nc(C(C)C)cs3)C2)cc1.Cl.Cl. The summed E-state index contributed by atoms with van der Waals surface area (Å²) in [7, 11) is 0. The van der Waals surface area contributed by atoms with E-state index >= 15 is 0 Å². The zero-order valence-corrected chi connectivity index (χ0v) is 18.5. The Kier molecular flexibility index (Phi) is 9.22. The van der Waals surface area contributed by atoms with Crippen LogP contribution in [0.5, 0.6) is 0 Å². The molecule has 0 radical (unpaired) electrons. The van der Waals surface area contributed by atoms with Crippen molar-refractivity contribution in [3.05, 3.63) is 51.5 Å². The first-order valence-electron chi connectivity index (χ1n) is 9.02. The fourth-order valence-corrected chi connectivity index (χ4v) is 4.35. The van der Waals surface area contributed by atoms with E-state index in [1.807, 2.05) is 36.1 Å². The minimum absolute atomic E-state index is 0. The number of aromatic nitrogens is 1. The van der Waals surface area contributed by atoms with E-state index < -0.39 is 6.04 Å². The zero-order valence-electron chi connectivity index (χ0n) is 16.1. The second-order valence-corrected chi connectivity index (χ2v) is 8.17. The number of nitrogens with two attached hydrogens (primary N) is 1. The maximum Gasteiger partial charge on any atom is 0.244 e. The van der Waals surface area contributed by atoms with Gasteiger partial charge in [0.15, 0.2) is 0 Å². The molecule has 2 heterocycles. The molecule has 2 aromatic rings. The average Bonchev–Trinajstić information content (AvgIpc) is 3.12. The third-order valence-electron chi connectivity index (χ3n) is 4.92. The Morgan fingerprint density at radius 1 is 1.26 bits per heavy atom. The van der Waals surface area contributed by atoms with Crippen LogP contribution in [0, 0.1) is 6.92 Å². The average molecular weight is 430 g/mol. The van der Waals surface area contributed by atoms with E-state index in [-0.39, 0.29) is 30.7 Å². The van der Waals surface area contributed by atoms with Crippen molar-refractivity contribution in [2.45, 2.75) is 51.5 Å². The number of hydrogen-bond acceptors (Lipinski definition) is 4. The van der Waals surface area contributed by atoms with Crippen molar-refractivity contribution in [2.75, 3.05) is 13.1 Å². The molecule has 7 heteroatoms. The molecule has 0 aliphatic carbocycles. The van der Waals surface area contributed by atoms with E-state index in [0.29, 0.717) is 11.8 Å². The van der Waals surface area contributed by atoms with E-state index in [1.165, 1.54) is 5.56 Å². The van der Waals surface area contributed by atoms with Crippen molar-refractivity contribution in [3.63, 3.8) is 0 Å². The second-order valence-electron chi connectivity index (χ2n) is 7.28. The molecule has 3 rings (SSSR count). The molecule has 0 spiro atoms. The molecule has 1 aromatic carbocycles. The number of nitrogens with zero attached hydrogens (tertiary/aromatic N) is 2. The topological polar surface area (TPSA) is 59.2 Å². The molecular weight excluding hydrogens is 401 g/mol. The molecule has 1 aliphatic rings. The third kappa shape index (κ3) is 5.67. The number of likely N-dealkylation sites (tertiary alicyclic amines) is 1. The van der Waals surface area contributed by atoms with Crippen molar-refractivity contribution in [2.24, 2.45) is 5.73 Å². The molecule has 27 heavy (non-hydrogen) atoms. The predicted octanol–water partition coefficient (Wildman–Crippen LogP) is 4.82. The highest BCUT2D eigenvalue weighted by Gasteiger charge is 2.30. The van der Waals surface area contributed by atoms with E-state index in [2.05, 4.69) is 19.2 Å². The molecule has 2 N–H and O–H groups in total. The summed E-state index contributed by atoms with van der Waals surface area (Å²) in [5.74, 6) is 0.802. The molecule has 150 valence electrons. The second kappa shape index (κ2) is 10.4. The first kappa shape index (κ1) is 23.9. The lowest BCUT2D eigenvalue weighted by molar-refractivity contribution is -0.134. The summed E-state index contributed by atoms with van der Waals surface area (Å²) in [5.41, 5.74) is 9.45. The number of benzene rings is 1. The quantitative estimate of drug-likeness (QED) is 0.756. The van der Waals surface area contributed by atoms with E-state index in [1.54, 1.807) is 11.3 Å². The van der Waals surface area contributed by atoms with Gasteiger partial charge in [-0.1, -0.05) is 43.7 Å². The number of carbonyl (C=O) groups is 1. The molecule has 2 atom stereocenters. The largest absolute Gasteiger partial charge is 0.340 e. The number of rotatable bonds is 4. The fourth-order valence-electron chi connectivity index (χ4n) is 3.25. The normalized spacial score (nSPS) is 17.8. The number of halogens is 2. The van der Waals surface area contributed by atoms with Crippen LogP contribution in [-0.4, -0.2) is 28.9 Å². The summed E-state index contributed by atoms with van der Waals surface area (Å²) in [4.78, 5) is 19.6. The highest BCUT2D eigenvalue weighted by atomic mass is 35.5. The monoisotopic (exact) mass is 429 g/mol. The number of piperidine rings is 1. The van der Waals surface area contributed by atoms with Crippen molar-refractivity contribution in [1.29, 1.82) is 0 Å². The van der Waals surface area contributed by atoms with Gasteiger partial charge in [-0.05, 0) is 31.2 Å². The van der Waals surface area contributed by atoms with Crippen molar-refractivity contribution >= 4 is 42.1 Å². The molecule has 2 unspecified atom stereocenters. The van der Waals surface area contributed by atoms with Gasteiger partial charge in [0.05, 0.1) is 10.7 Å². The maximum atomic E-state index is 12.9. The van der Waals surface area contributed by atoms with E-state index in [4.69, 9.17) is 10.7 Å². The Morgan fingerprint density at radius 2 is 1.93 bits per heavy atom. The lowest BCUT2D eigenvalue weighted by atomic mass is 9.97. The van der Waals surface area contributed by atoms with E-state index in [9.17, 15) is 4.79 Å². The Labute approximate surface area is 178 Å². The lowest BCUT2D eigenvalue weighted by Crippen LogP contribution is -2.43. The van der Waals surface area contributed by atoms with Crippen LogP contribution in [0.4, 0.5) is 0 Å². The number of hydrogen-bond donors (Lipinski definition) is 1. The first-order chi connectivity index (χ1) is 12.0. The first-order valence-corrected chi connectivity index (χ1v) is 9.90. The Bertz CT molecular complexity index is 733. The van der Waals surface area contributed by atoms with Crippen LogP contribution in [0.1, 0.15) is 66.4 Å². The molecular formula is C20H29Cl2N3OS. The van der Waals surface area contributed by atoms with Gasteiger partial charge in [-0.3, -0.25) is 4.79 Å². The van der Waals surface area contributed by atoms with Gasteiger partial charge in [0.25, 0.3) is 0 Å². The van der Waals surface area contributed by atoms with Gasteiger partial charge >= 0.3 is 0 Å². The Hall–Kier alpha value is -1.14. The van der Waals surface area contributed by atoms with Gasteiger partial charge in [0, 0.05) is 24.4 Å². The predicted molar refractivity (Wildman–Crippen MR) is 117 cm³/mol. The maximum absolute atomic E-state index is 12.9. The van der Waals surface area contributed by atoms with Crippen LogP contribution in [-0.2, 0) is 4.79 Å². The van der Waals surface area contributed by atoms with Crippen LogP contribution in [0.15, 0.2) is 29.6 Å². The van der Waals surface area contributed by atoms with Crippen molar-refractivity contribution in [3.8, 4) is 0 Å². The van der Waals surface area contributed by atoms with Crippen LogP contribution < -0.4 is 5.73 Å². The van der Waals surface area contributed by atoms with E-state index in [0.717, 1.165) is 42.2 Å². The third-order valence-corrected chi connectivity index (χ3v) is 5.94. The molecule has 1 aromatic heterocycles. The molecule has 0 saturated carbocycles. The minimum atomic E-state index is -0.582. The van der Waals surface area contributed by atoms with Gasteiger partial charge < -0.3 is 10.6 Å². The molecule has 4 nitrogen and oxygen atoms in total. The fraction of sp³-hybridized carbons (Fsp3) is 0.500. The standard InChI is InChI=1S/C20H27N3OS.2ClH/c1-13(2)17-12-25-19(22-17)16-5-4-10-23(11-16)20(24)18(21)15-8-6-14(3)7-9-15;;/h6-9,12-13,16,18H,4-5,10-11,21H2,1-3H3;2*1H. The summed E-state index contributed by atoms with van der Waals surface area (Å²) in [6.45, 7) is 7.87. The molecule has 0 bridgehead atoms. The van der Waals surface area contributed by atoms with Crippen molar-refractivity contribution in [1.82, 2.24) is 9.88 Å². The summed E-state index contributed by atoms with van der Waals surface area (Å²) in [6.07, 6.45) is 2.10. The van der Waals surface area contributed by atoms with Crippen LogP contribution in [0.2, 0.25) is 0 Å². The number of amides is 1. The number of aryl methyl sites for hydroxylation is 1. The minimum Gasteiger partial charge on any atom is -0.340 e. The smallest absolute Gasteiger partial charge is 0.244 e. The molecule has 1 fully saturated rings. The molecule has 1 amide bonds. The highest BCUT2D eigenvalue weighted by molar-refractivity contribution is 7.09. The van der Waals surface area contributed by atoms with Crippen LogP contribution >= 0.6 is 36.2 Å². The van der Waals surface area contributed by atoms with Crippen LogP contribution in [0.25, 0.3) is 0 Å². The summed E-state index contributed by atoms with van der Waals surface area (Å²) in [5, 5.41) is 3.31. The van der Waals surface area contributed by atoms with Gasteiger partial charge in [0.1, 0.15) is 6.04 Å². The summed E-state index contributed by atoms with van der Waals surface area (Å²) in [6, 6.07) is 7.33. The van der Waals surface area contributed by atoms with Gasteiger partial charge in [0.2, 0.25) is 5.91 Å². The number of thiazole rings is 1. The summed E-state index contributed by atoms with van der Waals surface area (Å²) >= 11 is 1.72. The van der Waals surface area contributed by atoms with Gasteiger partial charge in [-0.15, -0.1) is 36.2 Å².